The van der Waals surface area contributed by atoms with Crippen molar-refractivity contribution in [1.82, 2.24) is 0 Å². The molecule has 1 aliphatic heterocycles. The maximum atomic E-state index is 11.4. The van der Waals surface area contributed by atoms with Crippen LogP contribution in [0.4, 0.5) is 0 Å². The summed E-state index contributed by atoms with van der Waals surface area (Å²) in [5.74, 6) is 0.128. The van der Waals surface area contributed by atoms with Crippen molar-refractivity contribution in [2.24, 2.45) is 5.73 Å². The Morgan fingerprint density at radius 1 is 1.62 bits per heavy atom. The molecule has 1 rings (SSSR count). The molecule has 13 heavy (non-hydrogen) atoms. The minimum Gasteiger partial charge on any atom is -0.378 e. The third kappa shape index (κ3) is 3.44. The normalized spacial score (nSPS) is 23.5. The van der Waals surface area contributed by atoms with Gasteiger partial charge in [0.25, 0.3) is 0 Å². The molecule has 0 radical (unpaired) electrons. The smallest absolute Gasteiger partial charge is 0.152 e. The van der Waals surface area contributed by atoms with Crippen molar-refractivity contribution in [2.45, 2.75) is 51.2 Å². The molecule has 0 amide bonds. The van der Waals surface area contributed by atoms with Crippen LogP contribution in [-0.4, -0.2) is 24.0 Å². The highest BCUT2D eigenvalue weighted by molar-refractivity contribution is 5.87. The van der Waals surface area contributed by atoms with Gasteiger partial charge in [-0.1, -0.05) is 0 Å². The summed E-state index contributed by atoms with van der Waals surface area (Å²) in [7, 11) is 0. The number of rotatable bonds is 4. The zero-order chi connectivity index (χ0) is 9.90. The number of ketones is 1. The highest BCUT2D eigenvalue weighted by atomic mass is 16.5. The van der Waals surface area contributed by atoms with E-state index in [1.54, 1.807) is 13.8 Å². The zero-order valence-electron chi connectivity index (χ0n) is 8.51. The van der Waals surface area contributed by atoms with Crippen LogP contribution in [0, 0.1) is 0 Å². The third-order valence-corrected chi connectivity index (χ3v) is 2.44. The second-order valence-corrected chi connectivity index (χ2v) is 4.32. The number of carbonyl (C=O) groups is 1. The van der Waals surface area contributed by atoms with Crippen LogP contribution in [0.15, 0.2) is 0 Å². The van der Waals surface area contributed by atoms with E-state index in [4.69, 9.17) is 10.5 Å². The lowest BCUT2D eigenvalue weighted by Crippen LogP contribution is -2.41. The van der Waals surface area contributed by atoms with Gasteiger partial charge in [-0.3, -0.25) is 4.79 Å². The molecule has 1 heterocycles. The standard InChI is InChI=1S/C10H19NO2/c1-10(2,11)9(12)6-5-8-4-3-7-13-8/h8H,3-7,11H2,1-2H3. The molecule has 1 aliphatic rings. The van der Waals surface area contributed by atoms with Gasteiger partial charge in [0.05, 0.1) is 11.6 Å². The van der Waals surface area contributed by atoms with Crippen molar-refractivity contribution >= 4 is 5.78 Å². The second-order valence-electron chi connectivity index (χ2n) is 4.32. The summed E-state index contributed by atoms with van der Waals surface area (Å²) >= 11 is 0. The van der Waals surface area contributed by atoms with E-state index in [0.717, 1.165) is 25.9 Å². The van der Waals surface area contributed by atoms with Crippen molar-refractivity contribution < 1.29 is 9.53 Å². The van der Waals surface area contributed by atoms with Crippen molar-refractivity contribution in [1.29, 1.82) is 0 Å². The Labute approximate surface area is 79.6 Å². The van der Waals surface area contributed by atoms with Crippen LogP contribution in [0.3, 0.4) is 0 Å². The van der Waals surface area contributed by atoms with Crippen LogP contribution in [-0.2, 0) is 9.53 Å². The van der Waals surface area contributed by atoms with E-state index >= 15 is 0 Å². The average molecular weight is 185 g/mol. The quantitative estimate of drug-likeness (QED) is 0.717. The molecule has 76 valence electrons. The molecule has 0 aromatic heterocycles. The van der Waals surface area contributed by atoms with E-state index in [2.05, 4.69) is 0 Å². The number of hydrogen-bond donors (Lipinski definition) is 1. The first-order valence-corrected chi connectivity index (χ1v) is 4.94. The van der Waals surface area contributed by atoms with Gasteiger partial charge in [-0.15, -0.1) is 0 Å². The molecule has 0 aliphatic carbocycles. The van der Waals surface area contributed by atoms with Gasteiger partial charge < -0.3 is 10.5 Å². The Balaban J connectivity index is 2.22. The van der Waals surface area contributed by atoms with Gasteiger partial charge in [-0.25, -0.2) is 0 Å². The predicted octanol–water partition coefficient (Wildman–Crippen LogP) is 1.25. The Morgan fingerprint density at radius 3 is 2.77 bits per heavy atom. The van der Waals surface area contributed by atoms with Gasteiger partial charge >= 0.3 is 0 Å². The van der Waals surface area contributed by atoms with Gasteiger partial charge in [-0.2, -0.15) is 0 Å². The number of nitrogens with two attached hydrogens (primary N) is 1. The maximum Gasteiger partial charge on any atom is 0.152 e. The predicted molar refractivity (Wildman–Crippen MR) is 51.5 cm³/mol. The molecule has 2 N–H and O–H groups in total. The van der Waals surface area contributed by atoms with Crippen molar-refractivity contribution in [3.63, 3.8) is 0 Å². The van der Waals surface area contributed by atoms with Gasteiger partial charge in [-0.05, 0) is 33.1 Å². The molecule has 3 heteroatoms. The van der Waals surface area contributed by atoms with Crippen molar-refractivity contribution in [3.8, 4) is 0 Å². The molecular weight excluding hydrogens is 166 g/mol. The largest absolute Gasteiger partial charge is 0.378 e. The van der Waals surface area contributed by atoms with Crippen LogP contribution in [0.5, 0.6) is 0 Å². The first kappa shape index (κ1) is 10.7. The minimum atomic E-state index is -0.682. The summed E-state index contributed by atoms with van der Waals surface area (Å²) in [5.41, 5.74) is 4.99. The van der Waals surface area contributed by atoms with E-state index in [0.29, 0.717) is 12.5 Å². The number of ether oxygens (including phenoxy) is 1. The van der Waals surface area contributed by atoms with Crippen LogP contribution in [0.25, 0.3) is 0 Å². The number of Topliss-reactive ketones (excluding diaryl/α,β-unsaturated/α-hetero) is 1. The highest BCUT2D eigenvalue weighted by Crippen LogP contribution is 2.18. The van der Waals surface area contributed by atoms with Crippen molar-refractivity contribution in [3.05, 3.63) is 0 Å². The first-order valence-electron chi connectivity index (χ1n) is 4.94. The van der Waals surface area contributed by atoms with E-state index in [9.17, 15) is 4.79 Å². The highest BCUT2D eigenvalue weighted by Gasteiger charge is 2.23. The summed E-state index contributed by atoms with van der Waals surface area (Å²) in [6.45, 7) is 4.36. The lowest BCUT2D eigenvalue weighted by Gasteiger charge is -2.17. The summed E-state index contributed by atoms with van der Waals surface area (Å²) in [5, 5.41) is 0. The van der Waals surface area contributed by atoms with E-state index < -0.39 is 5.54 Å². The van der Waals surface area contributed by atoms with E-state index in [1.165, 1.54) is 0 Å². The summed E-state index contributed by atoms with van der Waals surface area (Å²) in [6, 6.07) is 0. The molecule has 1 unspecified atom stereocenters. The summed E-state index contributed by atoms with van der Waals surface area (Å²) < 4.78 is 5.42. The average Bonchev–Trinajstić information content (AvgIpc) is 2.50. The fraction of sp³-hybridized carbons (Fsp3) is 0.900. The minimum absolute atomic E-state index is 0.128. The summed E-state index contributed by atoms with van der Waals surface area (Å²) in [6.07, 6.45) is 3.91. The first-order chi connectivity index (χ1) is 6.00. The molecule has 0 bridgehead atoms. The topological polar surface area (TPSA) is 52.3 Å². The van der Waals surface area contributed by atoms with Gasteiger partial charge in [0, 0.05) is 13.0 Å². The van der Waals surface area contributed by atoms with Crippen LogP contribution in [0.1, 0.15) is 39.5 Å². The van der Waals surface area contributed by atoms with Gasteiger partial charge in [0.15, 0.2) is 5.78 Å². The van der Waals surface area contributed by atoms with E-state index in [1.807, 2.05) is 0 Å². The maximum absolute atomic E-state index is 11.4. The Morgan fingerprint density at radius 2 is 2.31 bits per heavy atom. The zero-order valence-corrected chi connectivity index (χ0v) is 8.51. The molecule has 1 atom stereocenters. The fourth-order valence-electron chi connectivity index (χ4n) is 1.49. The third-order valence-electron chi connectivity index (χ3n) is 2.44. The monoisotopic (exact) mass is 185 g/mol. The Bertz CT molecular complexity index is 178. The Kier molecular flexibility index (Phi) is 3.45. The van der Waals surface area contributed by atoms with Gasteiger partial charge in [0.1, 0.15) is 0 Å². The lowest BCUT2D eigenvalue weighted by atomic mass is 9.95. The summed E-state index contributed by atoms with van der Waals surface area (Å²) in [4.78, 5) is 11.4. The SMILES string of the molecule is CC(C)(N)C(=O)CCC1CCCO1. The van der Waals surface area contributed by atoms with Crippen LogP contribution < -0.4 is 5.73 Å². The molecule has 0 spiro atoms. The van der Waals surface area contributed by atoms with Crippen LogP contribution in [0.2, 0.25) is 0 Å². The van der Waals surface area contributed by atoms with Crippen LogP contribution >= 0.6 is 0 Å². The number of hydrogen-bond acceptors (Lipinski definition) is 3. The Hall–Kier alpha value is -0.410. The number of carbonyl (C=O) groups excluding carboxylic acids is 1. The molecule has 1 saturated heterocycles. The lowest BCUT2D eigenvalue weighted by molar-refractivity contribution is -0.123. The van der Waals surface area contributed by atoms with E-state index in [-0.39, 0.29) is 5.78 Å². The van der Waals surface area contributed by atoms with Crippen molar-refractivity contribution in [2.75, 3.05) is 6.61 Å². The van der Waals surface area contributed by atoms with Gasteiger partial charge in [0.2, 0.25) is 0 Å². The molecule has 3 nitrogen and oxygen atoms in total. The molecular formula is C10H19NO2. The molecule has 0 saturated carbocycles. The molecule has 0 aromatic rings. The fourth-order valence-corrected chi connectivity index (χ4v) is 1.49. The molecule has 0 aromatic carbocycles. The molecule has 1 fully saturated rings. The second kappa shape index (κ2) is 4.20.